The third-order valence-corrected chi connectivity index (χ3v) is 7.67. The summed E-state index contributed by atoms with van der Waals surface area (Å²) in [4.78, 5) is 33.4. The lowest BCUT2D eigenvalue weighted by Gasteiger charge is -2.21. The Labute approximate surface area is 216 Å². The highest BCUT2D eigenvalue weighted by Gasteiger charge is 2.48. The quantitative estimate of drug-likeness (QED) is 0.170. The van der Waals surface area contributed by atoms with Crippen LogP contribution in [0, 0.1) is 0 Å². The summed E-state index contributed by atoms with van der Waals surface area (Å²) in [7, 11) is 0. The summed E-state index contributed by atoms with van der Waals surface area (Å²) in [5.74, 6) is -0.308. The standard InChI is InChI=1S/C27H24N2O5S2/c1-3-13-34-17-9-7-16(8-10-17)24(30)22-23(20-6-5-14-35-20)29(26(32)25(22)31)27-28-19-12-11-18(33-4-2)15-21(19)36-27/h5-12,14-15,23,30H,3-4,13H2,1-2H3/b24-22+. The molecular formula is C27H24N2O5S2. The summed E-state index contributed by atoms with van der Waals surface area (Å²) in [5.41, 5.74) is 1.18. The van der Waals surface area contributed by atoms with Gasteiger partial charge in [0, 0.05) is 10.4 Å². The molecule has 1 fully saturated rings. The fourth-order valence-electron chi connectivity index (χ4n) is 4.08. The van der Waals surface area contributed by atoms with Crippen molar-refractivity contribution in [3.8, 4) is 11.5 Å². The molecule has 1 unspecified atom stereocenters. The van der Waals surface area contributed by atoms with Crippen LogP contribution in [0.4, 0.5) is 5.13 Å². The highest BCUT2D eigenvalue weighted by molar-refractivity contribution is 7.22. The lowest BCUT2D eigenvalue weighted by Crippen LogP contribution is -2.28. The molecule has 2 aromatic heterocycles. The van der Waals surface area contributed by atoms with E-state index in [-0.39, 0.29) is 11.3 Å². The summed E-state index contributed by atoms with van der Waals surface area (Å²) in [6.45, 7) is 5.06. The molecule has 184 valence electrons. The van der Waals surface area contributed by atoms with Gasteiger partial charge >= 0.3 is 5.91 Å². The van der Waals surface area contributed by atoms with Crippen molar-refractivity contribution in [2.24, 2.45) is 0 Å². The first-order valence-electron chi connectivity index (χ1n) is 11.6. The Bertz CT molecular complexity index is 1440. The zero-order chi connectivity index (χ0) is 25.2. The number of anilines is 1. The van der Waals surface area contributed by atoms with E-state index in [0.717, 1.165) is 16.0 Å². The molecule has 0 aliphatic carbocycles. The molecule has 1 aliphatic heterocycles. The van der Waals surface area contributed by atoms with Crippen LogP contribution in [0.3, 0.4) is 0 Å². The van der Waals surface area contributed by atoms with Gasteiger partial charge < -0.3 is 14.6 Å². The molecule has 0 saturated carbocycles. The van der Waals surface area contributed by atoms with Crippen molar-refractivity contribution in [3.63, 3.8) is 0 Å². The maximum Gasteiger partial charge on any atom is 0.301 e. The molecule has 1 atom stereocenters. The van der Waals surface area contributed by atoms with Crippen LogP contribution >= 0.6 is 22.7 Å². The molecule has 0 radical (unpaired) electrons. The van der Waals surface area contributed by atoms with E-state index in [1.165, 1.54) is 27.6 Å². The number of benzene rings is 2. The smallest absolute Gasteiger partial charge is 0.301 e. The fourth-order valence-corrected chi connectivity index (χ4v) is 5.93. The van der Waals surface area contributed by atoms with E-state index in [1.54, 1.807) is 24.3 Å². The number of aliphatic hydroxyl groups excluding tert-OH is 1. The molecule has 1 aliphatic rings. The zero-order valence-electron chi connectivity index (χ0n) is 19.8. The Kier molecular flexibility index (Phi) is 6.75. The largest absolute Gasteiger partial charge is 0.507 e. The van der Waals surface area contributed by atoms with Crippen LogP contribution in [0.25, 0.3) is 16.0 Å². The van der Waals surface area contributed by atoms with Gasteiger partial charge in [0.1, 0.15) is 23.3 Å². The van der Waals surface area contributed by atoms with Gasteiger partial charge in [0.2, 0.25) is 0 Å². The summed E-state index contributed by atoms with van der Waals surface area (Å²) in [6.07, 6.45) is 0.880. The van der Waals surface area contributed by atoms with Gasteiger partial charge in [-0.25, -0.2) is 4.98 Å². The number of aromatic nitrogens is 1. The summed E-state index contributed by atoms with van der Waals surface area (Å²) < 4.78 is 12.0. The van der Waals surface area contributed by atoms with Crippen molar-refractivity contribution in [2.75, 3.05) is 18.1 Å². The Morgan fingerprint density at radius 3 is 2.53 bits per heavy atom. The van der Waals surface area contributed by atoms with Gasteiger partial charge in [-0.15, -0.1) is 11.3 Å². The number of Topliss-reactive ketones (excluding diaryl/α,β-unsaturated/α-hetero) is 1. The molecule has 3 heterocycles. The molecule has 1 N–H and O–H groups in total. The second-order valence-corrected chi connectivity index (χ2v) is 10.1. The number of hydrogen-bond donors (Lipinski definition) is 1. The average Bonchev–Trinajstić information content (AvgIpc) is 3.61. The molecule has 4 aromatic rings. The normalized spacial score (nSPS) is 17.2. The van der Waals surface area contributed by atoms with Crippen molar-refractivity contribution in [3.05, 3.63) is 76.0 Å². The molecule has 1 saturated heterocycles. The number of ether oxygens (including phenoxy) is 2. The summed E-state index contributed by atoms with van der Waals surface area (Å²) in [6, 6.07) is 15.3. The van der Waals surface area contributed by atoms with Crippen LogP contribution in [0.5, 0.6) is 11.5 Å². The van der Waals surface area contributed by atoms with Gasteiger partial charge in [-0.3, -0.25) is 14.5 Å². The van der Waals surface area contributed by atoms with Crippen LogP contribution in [0.2, 0.25) is 0 Å². The zero-order valence-corrected chi connectivity index (χ0v) is 21.4. The molecule has 5 rings (SSSR count). The van der Waals surface area contributed by atoms with E-state index in [0.29, 0.717) is 40.9 Å². The molecule has 2 aromatic carbocycles. The molecule has 7 nitrogen and oxygen atoms in total. The minimum absolute atomic E-state index is 0.0407. The van der Waals surface area contributed by atoms with Gasteiger partial charge in [-0.2, -0.15) is 0 Å². The molecule has 0 bridgehead atoms. The minimum atomic E-state index is -0.784. The van der Waals surface area contributed by atoms with Crippen molar-refractivity contribution in [2.45, 2.75) is 26.3 Å². The number of hydrogen-bond acceptors (Lipinski definition) is 8. The number of thiophene rings is 1. The molecule has 1 amide bonds. The van der Waals surface area contributed by atoms with Crippen molar-refractivity contribution >= 4 is 55.5 Å². The molecule has 36 heavy (non-hydrogen) atoms. The highest BCUT2D eigenvalue weighted by atomic mass is 32.1. The highest BCUT2D eigenvalue weighted by Crippen LogP contribution is 2.45. The van der Waals surface area contributed by atoms with Gasteiger partial charge in [-0.05, 0) is 67.3 Å². The van der Waals surface area contributed by atoms with Crippen molar-refractivity contribution in [1.29, 1.82) is 0 Å². The molecular weight excluding hydrogens is 496 g/mol. The van der Waals surface area contributed by atoms with E-state index in [9.17, 15) is 14.7 Å². The number of carbonyl (C=O) groups excluding carboxylic acids is 2. The van der Waals surface area contributed by atoms with Gasteiger partial charge in [0.15, 0.2) is 5.13 Å². The fraction of sp³-hybridized carbons (Fsp3) is 0.222. The van der Waals surface area contributed by atoms with Gasteiger partial charge in [-0.1, -0.05) is 24.3 Å². The second kappa shape index (κ2) is 10.1. The lowest BCUT2D eigenvalue weighted by molar-refractivity contribution is -0.132. The van der Waals surface area contributed by atoms with E-state index in [4.69, 9.17) is 9.47 Å². The van der Waals surface area contributed by atoms with Crippen molar-refractivity contribution in [1.82, 2.24) is 4.98 Å². The molecule has 0 spiro atoms. The Morgan fingerprint density at radius 1 is 1.06 bits per heavy atom. The first kappa shape index (κ1) is 24.0. The number of rotatable bonds is 8. The number of carbonyl (C=O) groups is 2. The SMILES string of the molecule is CCCOc1ccc(/C(O)=C2\C(=O)C(=O)N(c3nc4ccc(OCC)cc4s3)C2c2cccs2)cc1. The van der Waals surface area contributed by atoms with Crippen molar-refractivity contribution < 1.29 is 24.2 Å². The maximum absolute atomic E-state index is 13.3. The minimum Gasteiger partial charge on any atom is -0.507 e. The monoisotopic (exact) mass is 520 g/mol. The van der Waals surface area contributed by atoms with E-state index in [2.05, 4.69) is 4.98 Å². The predicted molar refractivity (Wildman–Crippen MR) is 142 cm³/mol. The average molecular weight is 521 g/mol. The number of aliphatic hydroxyl groups is 1. The maximum atomic E-state index is 13.3. The number of nitrogens with zero attached hydrogens (tertiary/aromatic N) is 2. The number of ketones is 1. The van der Waals surface area contributed by atoms with E-state index < -0.39 is 17.7 Å². The van der Waals surface area contributed by atoms with E-state index >= 15 is 0 Å². The Balaban J connectivity index is 1.59. The number of fused-ring (bicyclic) bond motifs is 1. The molecule has 9 heteroatoms. The first-order valence-corrected chi connectivity index (χ1v) is 13.3. The van der Waals surface area contributed by atoms with Crippen LogP contribution in [-0.2, 0) is 9.59 Å². The summed E-state index contributed by atoms with van der Waals surface area (Å²) >= 11 is 2.72. The van der Waals surface area contributed by atoms with Gasteiger partial charge in [0.25, 0.3) is 5.78 Å². The number of thiazole rings is 1. The third kappa shape index (κ3) is 4.36. The first-order chi connectivity index (χ1) is 17.5. The van der Waals surface area contributed by atoms with Gasteiger partial charge in [0.05, 0.1) is 29.0 Å². The lowest BCUT2D eigenvalue weighted by atomic mass is 10.00. The van der Waals surface area contributed by atoms with Crippen LogP contribution in [0.15, 0.2) is 65.6 Å². The van der Waals surface area contributed by atoms with Crippen LogP contribution in [0.1, 0.15) is 36.8 Å². The van der Waals surface area contributed by atoms with E-state index in [1.807, 2.05) is 49.6 Å². The number of amides is 1. The topological polar surface area (TPSA) is 89.0 Å². The second-order valence-electron chi connectivity index (χ2n) is 8.12. The van der Waals surface area contributed by atoms with Crippen LogP contribution in [-0.4, -0.2) is 35.0 Å². The summed E-state index contributed by atoms with van der Waals surface area (Å²) in [5, 5.41) is 13.5. The predicted octanol–water partition coefficient (Wildman–Crippen LogP) is 6.17. The third-order valence-electron chi connectivity index (χ3n) is 5.72. The Hall–Kier alpha value is -3.69. The Morgan fingerprint density at radius 2 is 1.83 bits per heavy atom. The van der Waals surface area contributed by atoms with Crippen LogP contribution < -0.4 is 14.4 Å².